The summed E-state index contributed by atoms with van der Waals surface area (Å²) in [5.74, 6) is 0. The monoisotopic (exact) mass is 501 g/mol. The first-order chi connectivity index (χ1) is 17.4. The summed E-state index contributed by atoms with van der Waals surface area (Å²) >= 11 is 0. The van der Waals surface area contributed by atoms with Gasteiger partial charge in [0.05, 0.1) is 18.8 Å². The van der Waals surface area contributed by atoms with Crippen molar-refractivity contribution in [1.29, 1.82) is 0 Å². The largest absolute Gasteiger partial charge is 0.394 e. The van der Waals surface area contributed by atoms with E-state index in [0.29, 0.717) is 12.8 Å². The van der Waals surface area contributed by atoms with Crippen LogP contribution in [0.1, 0.15) is 55.4 Å². The van der Waals surface area contributed by atoms with Crippen molar-refractivity contribution < 1.29 is 35.0 Å². The highest BCUT2D eigenvalue weighted by molar-refractivity contribution is 5.19. The molecule has 2 heterocycles. The second-order valence-corrected chi connectivity index (χ2v) is 10.0. The number of nitrogens with zero attached hydrogens (tertiary/aromatic N) is 1. The van der Waals surface area contributed by atoms with Crippen molar-refractivity contribution in [3.63, 3.8) is 0 Å². The second-order valence-electron chi connectivity index (χ2n) is 10.0. The number of aliphatic hydroxyl groups excluding tert-OH is 5. The van der Waals surface area contributed by atoms with Crippen LogP contribution in [0.4, 0.5) is 0 Å². The first kappa shape index (κ1) is 27.2. The van der Waals surface area contributed by atoms with E-state index in [1.165, 1.54) is 0 Å². The highest BCUT2D eigenvalue weighted by atomic mass is 16.7. The van der Waals surface area contributed by atoms with Gasteiger partial charge < -0.3 is 39.9 Å². The van der Waals surface area contributed by atoms with Crippen molar-refractivity contribution in [2.75, 3.05) is 13.7 Å². The van der Waals surface area contributed by atoms with Crippen LogP contribution in [0.15, 0.2) is 60.7 Å². The fourth-order valence-electron chi connectivity index (χ4n) is 5.46. The van der Waals surface area contributed by atoms with Gasteiger partial charge >= 0.3 is 0 Å². The molecule has 2 fully saturated rings. The minimum Gasteiger partial charge on any atom is -0.394 e. The maximum Gasteiger partial charge on any atom is 0.187 e. The van der Waals surface area contributed by atoms with Crippen molar-refractivity contribution in [2.45, 2.75) is 87.1 Å². The van der Waals surface area contributed by atoms with Crippen molar-refractivity contribution in [3.05, 3.63) is 71.8 Å². The Hall–Kier alpha value is -1.88. The van der Waals surface area contributed by atoms with E-state index in [1.807, 2.05) is 60.7 Å². The first-order valence-electron chi connectivity index (χ1n) is 12.8. The van der Waals surface area contributed by atoms with E-state index >= 15 is 0 Å². The van der Waals surface area contributed by atoms with Gasteiger partial charge in [0.2, 0.25) is 0 Å². The second kappa shape index (κ2) is 12.6. The summed E-state index contributed by atoms with van der Waals surface area (Å²) in [7, 11) is 2.09. The summed E-state index contributed by atoms with van der Waals surface area (Å²) in [6.45, 7) is -0.502. The molecule has 8 heteroatoms. The molecule has 2 aliphatic heterocycles. The quantitative estimate of drug-likeness (QED) is 0.353. The predicted octanol–water partition coefficient (Wildman–Crippen LogP) is 1.91. The van der Waals surface area contributed by atoms with Gasteiger partial charge in [0, 0.05) is 12.1 Å². The molecule has 0 saturated carbocycles. The molecule has 0 amide bonds. The number of aliphatic hydroxyl groups is 5. The third-order valence-corrected chi connectivity index (χ3v) is 7.71. The SMILES string of the molecule is CN1C(CC(O)c2ccccc2)CCCC1CC(OC1OC(CO)C(O)C(O)C1O)c1ccccc1. The molecule has 2 aromatic carbocycles. The smallest absolute Gasteiger partial charge is 0.187 e. The summed E-state index contributed by atoms with van der Waals surface area (Å²) < 4.78 is 11.9. The molecule has 9 unspecified atom stereocenters. The van der Waals surface area contributed by atoms with Crippen LogP contribution in [0.3, 0.4) is 0 Å². The van der Waals surface area contributed by atoms with Crippen molar-refractivity contribution >= 4 is 0 Å². The van der Waals surface area contributed by atoms with Gasteiger partial charge in [0.15, 0.2) is 6.29 Å². The summed E-state index contributed by atoms with van der Waals surface area (Å²) in [6.07, 6.45) is -3.31. The average molecular weight is 502 g/mol. The minimum atomic E-state index is -1.49. The van der Waals surface area contributed by atoms with Crippen molar-refractivity contribution in [2.24, 2.45) is 0 Å². The Balaban J connectivity index is 1.47. The number of likely N-dealkylation sites (tertiary alicyclic amines) is 1. The van der Waals surface area contributed by atoms with E-state index in [2.05, 4.69) is 11.9 Å². The van der Waals surface area contributed by atoms with Crippen molar-refractivity contribution in [3.8, 4) is 0 Å². The third kappa shape index (κ3) is 6.33. The van der Waals surface area contributed by atoms with Crippen molar-refractivity contribution in [1.82, 2.24) is 4.90 Å². The highest BCUT2D eigenvalue weighted by Crippen LogP contribution is 2.36. The van der Waals surface area contributed by atoms with Gasteiger partial charge in [-0.3, -0.25) is 0 Å². The van der Waals surface area contributed by atoms with Gasteiger partial charge in [0.1, 0.15) is 24.4 Å². The molecule has 2 aliphatic rings. The number of ether oxygens (including phenoxy) is 2. The maximum atomic E-state index is 10.8. The molecule has 9 atom stereocenters. The molecule has 198 valence electrons. The van der Waals surface area contributed by atoms with Crippen LogP contribution in [0, 0.1) is 0 Å². The van der Waals surface area contributed by atoms with E-state index in [4.69, 9.17) is 9.47 Å². The van der Waals surface area contributed by atoms with E-state index in [-0.39, 0.29) is 12.1 Å². The van der Waals surface area contributed by atoms with Gasteiger partial charge in [-0.2, -0.15) is 0 Å². The Kier molecular flexibility index (Phi) is 9.49. The molecule has 0 spiro atoms. The highest BCUT2D eigenvalue weighted by Gasteiger charge is 2.45. The molecule has 36 heavy (non-hydrogen) atoms. The zero-order chi connectivity index (χ0) is 25.7. The molecular formula is C28H39NO7. The zero-order valence-electron chi connectivity index (χ0n) is 20.7. The third-order valence-electron chi connectivity index (χ3n) is 7.71. The number of benzene rings is 2. The molecule has 0 aliphatic carbocycles. The number of rotatable bonds is 9. The van der Waals surface area contributed by atoms with E-state index in [1.54, 1.807) is 0 Å². The molecule has 8 nitrogen and oxygen atoms in total. The van der Waals surface area contributed by atoms with Gasteiger partial charge in [-0.05, 0) is 43.9 Å². The lowest BCUT2D eigenvalue weighted by Crippen LogP contribution is -2.59. The number of piperidine rings is 1. The molecule has 0 radical (unpaired) electrons. The molecule has 5 N–H and O–H groups in total. The summed E-state index contributed by atoms with van der Waals surface area (Å²) in [5.41, 5.74) is 1.83. The van der Waals surface area contributed by atoms with E-state index in [0.717, 1.165) is 30.4 Å². The Morgan fingerprint density at radius 2 is 1.44 bits per heavy atom. The predicted molar refractivity (Wildman–Crippen MR) is 134 cm³/mol. The fraction of sp³-hybridized carbons (Fsp3) is 0.571. The van der Waals surface area contributed by atoms with Crippen LogP contribution in [-0.4, -0.2) is 86.9 Å². The zero-order valence-corrected chi connectivity index (χ0v) is 20.7. The molecule has 4 rings (SSSR count). The van der Waals surface area contributed by atoms with Crippen LogP contribution in [0.5, 0.6) is 0 Å². The molecule has 0 bridgehead atoms. The molecule has 2 aromatic rings. The Labute approximate surface area is 212 Å². The lowest BCUT2D eigenvalue weighted by molar-refractivity contribution is -0.313. The van der Waals surface area contributed by atoms with Gasteiger partial charge in [0.25, 0.3) is 0 Å². The topological polar surface area (TPSA) is 123 Å². The minimum absolute atomic E-state index is 0.168. The Bertz CT molecular complexity index is 915. The number of hydrogen-bond acceptors (Lipinski definition) is 8. The fourth-order valence-corrected chi connectivity index (χ4v) is 5.46. The first-order valence-corrected chi connectivity index (χ1v) is 12.8. The maximum absolute atomic E-state index is 10.8. The summed E-state index contributed by atoms with van der Waals surface area (Å²) in [6, 6.07) is 19.8. The van der Waals surface area contributed by atoms with E-state index < -0.39 is 49.5 Å². The average Bonchev–Trinajstić information content (AvgIpc) is 2.91. The Morgan fingerprint density at radius 1 is 0.861 bits per heavy atom. The van der Waals surface area contributed by atoms with Gasteiger partial charge in [-0.25, -0.2) is 0 Å². The van der Waals surface area contributed by atoms with Gasteiger partial charge in [-0.15, -0.1) is 0 Å². The molecule has 2 saturated heterocycles. The normalized spacial score (nSPS) is 33.2. The van der Waals surface area contributed by atoms with Crippen LogP contribution >= 0.6 is 0 Å². The molecular weight excluding hydrogens is 462 g/mol. The van der Waals surface area contributed by atoms with Crippen LogP contribution in [0.2, 0.25) is 0 Å². The molecule has 0 aromatic heterocycles. The standard InChI is InChI=1S/C28H39NO7/c1-29-20(15-22(31)18-9-4-2-5-10-18)13-8-14-21(29)16-23(19-11-6-3-7-12-19)35-28-27(34)26(33)25(32)24(17-30)36-28/h2-7,9-12,20-28,30-34H,8,13-17H2,1H3. The van der Waals surface area contributed by atoms with Crippen LogP contribution in [-0.2, 0) is 9.47 Å². The lowest BCUT2D eigenvalue weighted by atomic mass is 9.87. The summed E-state index contributed by atoms with van der Waals surface area (Å²) in [4.78, 5) is 2.32. The van der Waals surface area contributed by atoms with E-state index in [9.17, 15) is 25.5 Å². The van der Waals surface area contributed by atoms with Gasteiger partial charge in [-0.1, -0.05) is 67.1 Å². The Morgan fingerprint density at radius 3 is 2.06 bits per heavy atom. The van der Waals surface area contributed by atoms with Crippen LogP contribution in [0.25, 0.3) is 0 Å². The lowest BCUT2D eigenvalue weighted by Gasteiger charge is -2.44. The summed E-state index contributed by atoms with van der Waals surface area (Å²) in [5, 5.41) is 51.3. The number of hydrogen-bond donors (Lipinski definition) is 5. The van der Waals surface area contributed by atoms with Crippen LogP contribution < -0.4 is 0 Å².